The molecule has 0 atom stereocenters. The fourth-order valence-corrected chi connectivity index (χ4v) is 3.01. The number of piperidine rings is 1. The van der Waals surface area contributed by atoms with Gasteiger partial charge in [-0.2, -0.15) is 0 Å². The van der Waals surface area contributed by atoms with E-state index in [1.165, 1.54) is 19.9 Å². The molecule has 0 spiro atoms. The van der Waals surface area contributed by atoms with Crippen molar-refractivity contribution in [3.63, 3.8) is 0 Å². The molecule has 0 aliphatic carbocycles. The van der Waals surface area contributed by atoms with E-state index in [4.69, 9.17) is 0 Å². The molecule has 1 saturated heterocycles. The summed E-state index contributed by atoms with van der Waals surface area (Å²) in [4.78, 5) is 0.297. The highest BCUT2D eigenvalue weighted by atomic mass is 32.2. The van der Waals surface area contributed by atoms with E-state index in [1.807, 2.05) is 6.07 Å². The van der Waals surface area contributed by atoms with Gasteiger partial charge in [-0.25, -0.2) is 13.1 Å². The maximum Gasteiger partial charge on any atom is 0.240 e. The molecule has 1 fully saturated rings. The minimum absolute atomic E-state index is 0.297. The molecular formula is C13H21N3O2S. The zero-order valence-electron chi connectivity index (χ0n) is 11.1. The van der Waals surface area contributed by atoms with Crippen LogP contribution in [0, 0.1) is 5.92 Å². The Morgan fingerprint density at radius 2 is 2.05 bits per heavy atom. The van der Waals surface area contributed by atoms with Crippen molar-refractivity contribution in [2.24, 2.45) is 5.92 Å². The van der Waals surface area contributed by atoms with Crippen LogP contribution in [0.3, 0.4) is 0 Å². The predicted molar refractivity (Wildman–Crippen MR) is 76.8 cm³/mol. The van der Waals surface area contributed by atoms with Crippen molar-refractivity contribution in [3.8, 4) is 0 Å². The predicted octanol–water partition coefficient (Wildman–Crippen LogP) is 1.01. The lowest BCUT2D eigenvalue weighted by Gasteiger charge is -2.23. The lowest BCUT2D eigenvalue weighted by molar-refractivity contribution is 0.390. The van der Waals surface area contributed by atoms with Crippen LogP contribution < -0.4 is 15.4 Å². The molecule has 5 nitrogen and oxygen atoms in total. The molecule has 19 heavy (non-hydrogen) atoms. The van der Waals surface area contributed by atoms with Gasteiger partial charge in [0.05, 0.1) is 4.90 Å². The van der Waals surface area contributed by atoms with E-state index < -0.39 is 10.0 Å². The standard InChI is InChI=1S/C13H21N3O2S/c1-14-19(17,18)13-4-2-3-12(9-13)16-10-11-5-7-15-8-6-11/h2-4,9,11,14-16H,5-8,10H2,1H3. The Labute approximate surface area is 114 Å². The van der Waals surface area contributed by atoms with Crippen LogP contribution in [-0.4, -0.2) is 35.1 Å². The van der Waals surface area contributed by atoms with Gasteiger partial charge in [-0.05, 0) is 57.1 Å². The van der Waals surface area contributed by atoms with Crippen molar-refractivity contribution < 1.29 is 8.42 Å². The highest BCUT2D eigenvalue weighted by molar-refractivity contribution is 7.89. The van der Waals surface area contributed by atoms with Crippen LogP contribution in [0.2, 0.25) is 0 Å². The van der Waals surface area contributed by atoms with E-state index in [0.29, 0.717) is 10.8 Å². The average Bonchev–Trinajstić information content (AvgIpc) is 2.46. The molecule has 6 heteroatoms. The maximum atomic E-state index is 11.7. The third-order valence-electron chi connectivity index (χ3n) is 3.47. The molecule has 1 aliphatic rings. The second-order valence-corrected chi connectivity index (χ2v) is 6.70. The first kappa shape index (κ1) is 14.3. The first-order chi connectivity index (χ1) is 9.12. The average molecular weight is 283 g/mol. The molecule has 0 aromatic heterocycles. The summed E-state index contributed by atoms with van der Waals surface area (Å²) >= 11 is 0. The molecule has 1 heterocycles. The number of hydrogen-bond acceptors (Lipinski definition) is 4. The van der Waals surface area contributed by atoms with Gasteiger partial charge in [-0.1, -0.05) is 6.07 Å². The summed E-state index contributed by atoms with van der Waals surface area (Å²) < 4.78 is 25.8. The van der Waals surface area contributed by atoms with Crippen molar-refractivity contribution in [1.82, 2.24) is 10.0 Å². The normalized spacial score (nSPS) is 17.3. The third-order valence-corrected chi connectivity index (χ3v) is 4.88. The van der Waals surface area contributed by atoms with Crippen molar-refractivity contribution in [3.05, 3.63) is 24.3 Å². The minimum atomic E-state index is -3.36. The zero-order valence-corrected chi connectivity index (χ0v) is 12.0. The van der Waals surface area contributed by atoms with Crippen molar-refractivity contribution in [1.29, 1.82) is 0 Å². The van der Waals surface area contributed by atoms with E-state index >= 15 is 0 Å². The lowest BCUT2D eigenvalue weighted by atomic mass is 9.98. The molecule has 1 aromatic rings. The first-order valence-electron chi connectivity index (χ1n) is 6.60. The Morgan fingerprint density at radius 3 is 2.74 bits per heavy atom. The largest absolute Gasteiger partial charge is 0.385 e. The second kappa shape index (κ2) is 6.36. The molecule has 106 valence electrons. The minimum Gasteiger partial charge on any atom is -0.385 e. The van der Waals surface area contributed by atoms with Crippen LogP contribution in [-0.2, 0) is 10.0 Å². The van der Waals surface area contributed by atoms with Crippen LogP contribution in [0.5, 0.6) is 0 Å². The summed E-state index contributed by atoms with van der Waals surface area (Å²) in [5, 5.41) is 6.67. The highest BCUT2D eigenvalue weighted by Crippen LogP contribution is 2.17. The molecule has 2 rings (SSSR count). The summed E-state index contributed by atoms with van der Waals surface area (Å²) in [5.41, 5.74) is 0.856. The van der Waals surface area contributed by atoms with Crippen LogP contribution in [0.25, 0.3) is 0 Å². The van der Waals surface area contributed by atoms with E-state index in [2.05, 4.69) is 15.4 Å². The zero-order chi connectivity index (χ0) is 13.7. The molecule has 0 bridgehead atoms. The van der Waals surface area contributed by atoms with Crippen molar-refractivity contribution in [2.75, 3.05) is 32.0 Å². The van der Waals surface area contributed by atoms with Gasteiger partial charge in [0, 0.05) is 12.2 Å². The number of rotatable bonds is 5. The van der Waals surface area contributed by atoms with Gasteiger partial charge in [0.1, 0.15) is 0 Å². The Hall–Kier alpha value is -1.11. The van der Waals surface area contributed by atoms with E-state index in [0.717, 1.165) is 25.3 Å². The van der Waals surface area contributed by atoms with Crippen LogP contribution >= 0.6 is 0 Å². The molecule has 0 saturated carbocycles. The van der Waals surface area contributed by atoms with Gasteiger partial charge in [-0.3, -0.25) is 0 Å². The van der Waals surface area contributed by atoms with E-state index in [1.54, 1.807) is 18.2 Å². The summed E-state index contributed by atoms with van der Waals surface area (Å²) in [7, 11) is -1.94. The molecule has 0 radical (unpaired) electrons. The van der Waals surface area contributed by atoms with Crippen LogP contribution in [0.4, 0.5) is 5.69 Å². The molecule has 1 aromatic carbocycles. The number of anilines is 1. The number of nitrogens with one attached hydrogen (secondary N) is 3. The Balaban J connectivity index is 1.99. The highest BCUT2D eigenvalue weighted by Gasteiger charge is 2.14. The third kappa shape index (κ3) is 3.92. The number of benzene rings is 1. The summed E-state index contributed by atoms with van der Waals surface area (Å²) in [6, 6.07) is 6.93. The summed E-state index contributed by atoms with van der Waals surface area (Å²) in [6.07, 6.45) is 2.34. The van der Waals surface area contributed by atoms with Gasteiger partial charge in [-0.15, -0.1) is 0 Å². The van der Waals surface area contributed by atoms with Gasteiger partial charge in [0.15, 0.2) is 0 Å². The van der Waals surface area contributed by atoms with Crippen LogP contribution in [0.15, 0.2) is 29.2 Å². The fourth-order valence-electron chi connectivity index (χ4n) is 2.24. The fraction of sp³-hybridized carbons (Fsp3) is 0.538. The van der Waals surface area contributed by atoms with Crippen LogP contribution in [0.1, 0.15) is 12.8 Å². The van der Waals surface area contributed by atoms with Gasteiger partial charge < -0.3 is 10.6 Å². The van der Waals surface area contributed by atoms with E-state index in [-0.39, 0.29) is 0 Å². The van der Waals surface area contributed by atoms with E-state index in [9.17, 15) is 8.42 Å². The summed E-state index contributed by atoms with van der Waals surface area (Å²) in [5.74, 6) is 0.658. The van der Waals surface area contributed by atoms with Gasteiger partial charge in [0.25, 0.3) is 0 Å². The second-order valence-electron chi connectivity index (χ2n) is 4.81. The maximum absolute atomic E-state index is 11.7. The Kier molecular flexibility index (Phi) is 4.79. The molecule has 3 N–H and O–H groups in total. The lowest BCUT2D eigenvalue weighted by Crippen LogP contribution is -2.31. The monoisotopic (exact) mass is 283 g/mol. The Bertz CT molecular complexity index is 510. The molecule has 1 aliphatic heterocycles. The van der Waals surface area contributed by atoms with Crippen molar-refractivity contribution >= 4 is 15.7 Å². The summed E-state index contributed by atoms with van der Waals surface area (Å²) in [6.45, 7) is 3.03. The first-order valence-corrected chi connectivity index (χ1v) is 8.08. The SMILES string of the molecule is CNS(=O)(=O)c1cccc(NCC2CCNCC2)c1. The van der Waals surface area contributed by atoms with Crippen molar-refractivity contribution in [2.45, 2.75) is 17.7 Å². The van der Waals surface area contributed by atoms with Gasteiger partial charge >= 0.3 is 0 Å². The quantitative estimate of drug-likeness (QED) is 0.754. The number of sulfonamides is 1. The molecule has 0 unspecified atom stereocenters. The Morgan fingerprint density at radius 1 is 1.32 bits per heavy atom. The topological polar surface area (TPSA) is 70.2 Å². The van der Waals surface area contributed by atoms with Gasteiger partial charge in [0.2, 0.25) is 10.0 Å². The number of hydrogen-bond donors (Lipinski definition) is 3. The molecular weight excluding hydrogens is 262 g/mol. The smallest absolute Gasteiger partial charge is 0.240 e. The molecule has 0 amide bonds.